The van der Waals surface area contributed by atoms with Crippen LogP contribution in [0.4, 0.5) is 5.82 Å². The molecule has 124 valence electrons. The van der Waals surface area contributed by atoms with Crippen LogP contribution in [-0.2, 0) is 17.9 Å². The fourth-order valence-corrected chi connectivity index (χ4v) is 3.08. The standard InChI is InChI=1S/C17H18N4O2S/c1-12-7-16(20-21(12)9-14-5-3-4-6-18-14)19-17(22)15-8-13(10-23-2)11-24-15/h3-8,11H,9-10H2,1-2H3,(H,19,20,22). The summed E-state index contributed by atoms with van der Waals surface area (Å²) >= 11 is 1.39. The van der Waals surface area contributed by atoms with Gasteiger partial charge in [0.05, 0.1) is 23.7 Å². The summed E-state index contributed by atoms with van der Waals surface area (Å²) in [4.78, 5) is 17.2. The highest BCUT2D eigenvalue weighted by Crippen LogP contribution is 2.18. The first kappa shape index (κ1) is 16.4. The fraction of sp³-hybridized carbons (Fsp3) is 0.235. The first-order valence-corrected chi connectivity index (χ1v) is 8.35. The van der Waals surface area contributed by atoms with Crippen LogP contribution in [0.1, 0.15) is 26.6 Å². The number of carbonyl (C=O) groups is 1. The number of nitrogens with zero attached hydrogens (tertiary/aromatic N) is 3. The number of thiophene rings is 1. The number of anilines is 1. The van der Waals surface area contributed by atoms with Crippen molar-refractivity contribution in [1.29, 1.82) is 0 Å². The molecule has 0 aliphatic rings. The van der Waals surface area contributed by atoms with Crippen LogP contribution in [0.25, 0.3) is 0 Å². The van der Waals surface area contributed by atoms with Crippen molar-refractivity contribution in [1.82, 2.24) is 14.8 Å². The minimum atomic E-state index is -0.162. The van der Waals surface area contributed by atoms with Gasteiger partial charge in [-0.1, -0.05) is 6.07 Å². The molecule has 0 fully saturated rings. The van der Waals surface area contributed by atoms with Crippen molar-refractivity contribution in [2.75, 3.05) is 12.4 Å². The zero-order chi connectivity index (χ0) is 16.9. The third-order valence-corrected chi connectivity index (χ3v) is 4.43. The number of hydrogen-bond donors (Lipinski definition) is 1. The molecule has 7 heteroatoms. The van der Waals surface area contributed by atoms with Gasteiger partial charge in [-0.2, -0.15) is 5.10 Å². The largest absolute Gasteiger partial charge is 0.380 e. The van der Waals surface area contributed by atoms with Crippen molar-refractivity contribution in [2.24, 2.45) is 0 Å². The van der Waals surface area contributed by atoms with Crippen molar-refractivity contribution in [3.05, 3.63) is 63.7 Å². The minimum Gasteiger partial charge on any atom is -0.380 e. The Bertz CT molecular complexity index is 826. The van der Waals surface area contributed by atoms with Gasteiger partial charge in [0.15, 0.2) is 5.82 Å². The summed E-state index contributed by atoms with van der Waals surface area (Å²) in [5.41, 5.74) is 2.87. The maximum atomic E-state index is 12.3. The third-order valence-electron chi connectivity index (χ3n) is 3.45. The first-order chi connectivity index (χ1) is 11.7. The molecule has 0 bridgehead atoms. The summed E-state index contributed by atoms with van der Waals surface area (Å²) in [6.45, 7) is 3.02. The Labute approximate surface area is 144 Å². The number of pyridine rings is 1. The highest BCUT2D eigenvalue weighted by Gasteiger charge is 2.12. The second-order valence-corrected chi connectivity index (χ2v) is 6.27. The fourth-order valence-electron chi connectivity index (χ4n) is 2.29. The Morgan fingerprint density at radius 2 is 2.25 bits per heavy atom. The molecule has 0 radical (unpaired) electrons. The van der Waals surface area contributed by atoms with Gasteiger partial charge < -0.3 is 10.1 Å². The molecular formula is C17H18N4O2S. The summed E-state index contributed by atoms with van der Waals surface area (Å²) in [5.74, 6) is 0.375. The second kappa shape index (κ2) is 7.37. The molecule has 0 saturated carbocycles. The quantitative estimate of drug-likeness (QED) is 0.747. The van der Waals surface area contributed by atoms with Gasteiger partial charge in [0.2, 0.25) is 0 Å². The number of rotatable bonds is 6. The van der Waals surface area contributed by atoms with E-state index in [0.717, 1.165) is 17.0 Å². The van der Waals surface area contributed by atoms with Gasteiger partial charge >= 0.3 is 0 Å². The average Bonchev–Trinajstić information content (AvgIpc) is 3.16. The average molecular weight is 342 g/mol. The van der Waals surface area contributed by atoms with E-state index in [1.54, 1.807) is 13.3 Å². The molecule has 1 N–H and O–H groups in total. The van der Waals surface area contributed by atoms with Crippen LogP contribution in [0.2, 0.25) is 0 Å². The number of aryl methyl sites for hydroxylation is 1. The van der Waals surface area contributed by atoms with Gasteiger partial charge in [-0.15, -0.1) is 11.3 Å². The molecule has 0 aliphatic carbocycles. The van der Waals surface area contributed by atoms with Crippen LogP contribution in [0.5, 0.6) is 0 Å². The smallest absolute Gasteiger partial charge is 0.266 e. The van der Waals surface area contributed by atoms with Gasteiger partial charge in [-0.05, 0) is 36.1 Å². The highest BCUT2D eigenvalue weighted by molar-refractivity contribution is 7.12. The topological polar surface area (TPSA) is 69.0 Å². The van der Waals surface area contributed by atoms with Crippen LogP contribution in [0.15, 0.2) is 41.9 Å². The van der Waals surface area contributed by atoms with Crippen LogP contribution in [-0.4, -0.2) is 27.8 Å². The van der Waals surface area contributed by atoms with Crippen molar-refractivity contribution < 1.29 is 9.53 Å². The molecular weight excluding hydrogens is 324 g/mol. The van der Waals surface area contributed by atoms with Gasteiger partial charge in [-0.3, -0.25) is 14.5 Å². The summed E-state index contributed by atoms with van der Waals surface area (Å²) in [7, 11) is 1.63. The van der Waals surface area contributed by atoms with E-state index in [0.29, 0.717) is 23.8 Å². The molecule has 0 atom stereocenters. The van der Waals surface area contributed by atoms with Crippen molar-refractivity contribution in [2.45, 2.75) is 20.1 Å². The summed E-state index contributed by atoms with van der Waals surface area (Å²) in [6, 6.07) is 9.45. The maximum absolute atomic E-state index is 12.3. The molecule has 6 nitrogen and oxygen atoms in total. The van der Waals surface area contributed by atoms with E-state index in [2.05, 4.69) is 15.4 Å². The Morgan fingerprint density at radius 3 is 3.00 bits per heavy atom. The zero-order valence-corrected chi connectivity index (χ0v) is 14.3. The van der Waals surface area contributed by atoms with E-state index in [4.69, 9.17) is 4.74 Å². The van der Waals surface area contributed by atoms with E-state index in [9.17, 15) is 4.79 Å². The molecule has 0 aromatic carbocycles. The summed E-state index contributed by atoms with van der Waals surface area (Å²) in [6.07, 6.45) is 1.76. The van der Waals surface area contributed by atoms with Crippen molar-refractivity contribution in [3.8, 4) is 0 Å². The molecule has 3 heterocycles. The minimum absolute atomic E-state index is 0.162. The van der Waals surface area contributed by atoms with E-state index in [1.165, 1.54) is 11.3 Å². The lowest BCUT2D eigenvalue weighted by molar-refractivity contribution is 0.103. The Kier molecular flexibility index (Phi) is 5.02. The van der Waals surface area contributed by atoms with Crippen LogP contribution < -0.4 is 5.32 Å². The second-order valence-electron chi connectivity index (χ2n) is 5.36. The first-order valence-electron chi connectivity index (χ1n) is 7.48. The SMILES string of the molecule is COCc1csc(C(=O)Nc2cc(C)n(Cc3ccccn3)n2)c1. The molecule has 3 aromatic heterocycles. The number of methoxy groups -OCH3 is 1. The van der Waals surface area contributed by atoms with Gasteiger partial charge in [-0.25, -0.2) is 0 Å². The van der Waals surface area contributed by atoms with Gasteiger partial charge in [0.1, 0.15) is 0 Å². The lowest BCUT2D eigenvalue weighted by atomic mass is 10.3. The molecule has 24 heavy (non-hydrogen) atoms. The van der Waals surface area contributed by atoms with Crippen LogP contribution >= 0.6 is 11.3 Å². The van der Waals surface area contributed by atoms with Gasteiger partial charge in [0.25, 0.3) is 5.91 Å². The molecule has 0 aliphatic heterocycles. The predicted molar refractivity (Wildman–Crippen MR) is 93.3 cm³/mol. The molecule has 3 aromatic rings. The molecule has 0 unspecified atom stereocenters. The van der Waals surface area contributed by atoms with E-state index in [-0.39, 0.29) is 5.91 Å². The van der Waals surface area contributed by atoms with Crippen LogP contribution in [0, 0.1) is 6.92 Å². The number of nitrogens with one attached hydrogen (secondary N) is 1. The number of carbonyl (C=O) groups excluding carboxylic acids is 1. The highest BCUT2D eigenvalue weighted by atomic mass is 32.1. The molecule has 3 rings (SSSR count). The Balaban J connectivity index is 1.69. The van der Waals surface area contributed by atoms with E-state index in [1.807, 2.05) is 47.3 Å². The zero-order valence-electron chi connectivity index (χ0n) is 13.5. The summed E-state index contributed by atoms with van der Waals surface area (Å²) in [5, 5.41) is 9.20. The Hall–Kier alpha value is -2.51. The van der Waals surface area contributed by atoms with E-state index < -0.39 is 0 Å². The number of amides is 1. The monoisotopic (exact) mass is 342 g/mol. The lowest BCUT2D eigenvalue weighted by Gasteiger charge is -2.03. The lowest BCUT2D eigenvalue weighted by Crippen LogP contribution is -2.11. The van der Waals surface area contributed by atoms with E-state index >= 15 is 0 Å². The summed E-state index contributed by atoms with van der Waals surface area (Å²) < 4.78 is 6.89. The molecule has 0 saturated heterocycles. The number of ether oxygens (including phenoxy) is 1. The number of aromatic nitrogens is 3. The van der Waals surface area contributed by atoms with Crippen molar-refractivity contribution >= 4 is 23.1 Å². The third kappa shape index (κ3) is 3.87. The van der Waals surface area contributed by atoms with Gasteiger partial charge in [0, 0.05) is 25.1 Å². The predicted octanol–water partition coefficient (Wildman–Crippen LogP) is 3.10. The molecule has 1 amide bonds. The van der Waals surface area contributed by atoms with Crippen molar-refractivity contribution in [3.63, 3.8) is 0 Å². The Morgan fingerprint density at radius 1 is 1.38 bits per heavy atom. The normalized spacial score (nSPS) is 10.8. The maximum Gasteiger partial charge on any atom is 0.266 e. The van der Waals surface area contributed by atoms with Crippen LogP contribution in [0.3, 0.4) is 0 Å². The number of hydrogen-bond acceptors (Lipinski definition) is 5. The molecule has 0 spiro atoms.